The van der Waals surface area contributed by atoms with Gasteiger partial charge in [0.15, 0.2) is 11.5 Å². The number of amides is 3. The van der Waals surface area contributed by atoms with Gasteiger partial charge in [0.05, 0.1) is 24.2 Å². The summed E-state index contributed by atoms with van der Waals surface area (Å²) in [4.78, 5) is 37.2. The molecule has 0 saturated heterocycles. The summed E-state index contributed by atoms with van der Waals surface area (Å²) in [5.74, 6) is 11.1. The van der Waals surface area contributed by atoms with Crippen LogP contribution in [0, 0.1) is 23.7 Å². The number of hydrogen-bond acceptors (Lipinski definition) is 5. The molecule has 0 aliphatic carbocycles. The number of fused-ring (bicyclic) bond motifs is 1. The minimum atomic E-state index is -0.570. The van der Waals surface area contributed by atoms with E-state index in [4.69, 9.17) is 9.15 Å². The monoisotopic (exact) mass is 404 g/mol. The van der Waals surface area contributed by atoms with E-state index in [-0.39, 0.29) is 24.9 Å². The minimum absolute atomic E-state index is 0.0339. The van der Waals surface area contributed by atoms with Crippen molar-refractivity contribution in [1.82, 2.24) is 10.2 Å². The molecule has 1 N–H and O–H groups in total. The quantitative estimate of drug-likeness (QED) is 0.614. The molecule has 2 heterocycles. The SMILES string of the molecule is CC(C)(C)OC(=O)NCC#Cc1ccc(C#CCN2C(=O)c3ccccc3C2=O)o1. The van der Waals surface area contributed by atoms with Crippen molar-refractivity contribution in [2.45, 2.75) is 26.4 Å². The van der Waals surface area contributed by atoms with Gasteiger partial charge >= 0.3 is 6.09 Å². The molecule has 3 amide bonds. The molecule has 152 valence electrons. The van der Waals surface area contributed by atoms with Crippen molar-refractivity contribution in [2.24, 2.45) is 0 Å². The van der Waals surface area contributed by atoms with E-state index < -0.39 is 11.7 Å². The van der Waals surface area contributed by atoms with Gasteiger partial charge in [0.2, 0.25) is 0 Å². The molecule has 0 fully saturated rings. The van der Waals surface area contributed by atoms with Gasteiger partial charge in [-0.25, -0.2) is 4.79 Å². The molecule has 0 bridgehead atoms. The number of nitrogens with one attached hydrogen (secondary N) is 1. The summed E-state index contributed by atoms with van der Waals surface area (Å²) in [7, 11) is 0. The smallest absolute Gasteiger partial charge is 0.408 e. The normalized spacial score (nSPS) is 12.4. The van der Waals surface area contributed by atoms with Crippen molar-refractivity contribution in [1.29, 1.82) is 0 Å². The summed E-state index contributed by atoms with van der Waals surface area (Å²) >= 11 is 0. The Hall–Kier alpha value is -3.97. The molecule has 2 aromatic rings. The predicted octanol–water partition coefficient (Wildman–Crippen LogP) is 2.80. The maximum atomic E-state index is 12.3. The molecule has 0 spiro atoms. The Morgan fingerprint density at radius 3 is 2.13 bits per heavy atom. The van der Waals surface area contributed by atoms with Gasteiger partial charge in [-0.2, -0.15) is 0 Å². The molecule has 30 heavy (non-hydrogen) atoms. The third-order valence-corrected chi connectivity index (χ3v) is 3.86. The van der Waals surface area contributed by atoms with Crippen molar-refractivity contribution in [3.63, 3.8) is 0 Å². The second-order valence-electron chi connectivity index (χ2n) is 7.36. The van der Waals surface area contributed by atoms with Crippen LogP contribution in [-0.4, -0.2) is 41.5 Å². The zero-order valence-corrected chi connectivity index (χ0v) is 16.9. The summed E-state index contributed by atoms with van der Waals surface area (Å²) < 4.78 is 10.6. The zero-order chi connectivity index (χ0) is 21.7. The van der Waals surface area contributed by atoms with Crippen molar-refractivity contribution in [2.75, 3.05) is 13.1 Å². The molecular weight excluding hydrogens is 384 g/mol. The molecule has 0 atom stereocenters. The summed E-state index contributed by atoms with van der Waals surface area (Å²) in [6, 6.07) is 9.96. The van der Waals surface area contributed by atoms with Crippen molar-refractivity contribution >= 4 is 17.9 Å². The molecule has 1 aromatic carbocycles. The number of nitrogens with zero attached hydrogens (tertiary/aromatic N) is 1. The van der Waals surface area contributed by atoms with E-state index in [1.165, 1.54) is 0 Å². The highest BCUT2D eigenvalue weighted by Crippen LogP contribution is 2.21. The van der Waals surface area contributed by atoms with Gasteiger partial charge in [-0.05, 0) is 56.9 Å². The molecule has 1 aromatic heterocycles. The Bertz CT molecular complexity index is 1080. The number of rotatable bonds is 2. The van der Waals surface area contributed by atoms with Gasteiger partial charge in [0, 0.05) is 0 Å². The van der Waals surface area contributed by atoms with Crippen LogP contribution < -0.4 is 5.32 Å². The van der Waals surface area contributed by atoms with Gasteiger partial charge in [-0.3, -0.25) is 14.5 Å². The van der Waals surface area contributed by atoms with Crippen LogP contribution in [0.5, 0.6) is 0 Å². The van der Waals surface area contributed by atoms with E-state index in [0.717, 1.165) is 4.90 Å². The molecule has 0 unspecified atom stereocenters. The van der Waals surface area contributed by atoms with Crippen LogP contribution in [0.15, 0.2) is 40.8 Å². The van der Waals surface area contributed by atoms with Gasteiger partial charge in [-0.1, -0.05) is 24.0 Å². The van der Waals surface area contributed by atoms with Crippen LogP contribution in [0.2, 0.25) is 0 Å². The minimum Gasteiger partial charge on any atom is -0.444 e. The molecule has 3 rings (SSSR count). The summed E-state index contributed by atoms with van der Waals surface area (Å²) in [5.41, 5.74) is 0.207. The van der Waals surface area contributed by atoms with E-state index in [1.54, 1.807) is 57.2 Å². The predicted molar refractivity (Wildman–Crippen MR) is 109 cm³/mol. The van der Waals surface area contributed by atoms with E-state index in [2.05, 4.69) is 29.0 Å². The van der Waals surface area contributed by atoms with Crippen molar-refractivity contribution in [3.8, 4) is 23.7 Å². The number of imide groups is 1. The van der Waals surface area contributed by atoms with Crippen LogP contribution in [0.1, 0.15) is 53.0 Å². The van der Waals surface area contributed by atoms with Crippen LogP contribution in [-0.2, 0) is 4.74 Å². The van der Waals surface area contributed by atoms with Crippen LogP contribution in [0.25, 0.3) is 0 Å². The highest BCUT2D eigenvalue weighted by molar-refractivity contribution is 6.21. The number of furan rings is 1. The molecule has 0 saturated carbocycles. The third-order valence-electron chi connectivity index (χ3n) is 3.86. The first kappa shape index (κ1) is 20.8. The first-order valence-corrected chi connectivity index (χ1v) is 9.24. The van der Waals surface area contributed by atoms with Gasteiger partial charge < -0.3 is 14.5 Å². The summed E-state index contributed by atoms with van der Waals surface area (Å²) in [5, 5.41) is 2.52. The Morgan fingerprint density at radius 1 is 1.00 bits per heavy atom. The number of ether oxygens (including phenoxy) is 1. The lowest BCUT2D eigenvalue weighted by Crippen LogP contribution is -2.32. The second kappa shape index (κ2) is 8.59. The van der Waals surface area contributed by atoms with Crippen LogP contribution >= 0.6 is 0 Å². The highest BCUT2D eigenvalue weighted by atomic mass is 16.6. The Balaban J connectivity index is 1.53. The lowest BCUT2D eigenvalue weighted by molar-refractivity contribution is 0.0534. The van der Waals surface area contributed by atoms with E-state index in [0.29, 0.717) is 22.6 Å². The Labute approximate surface area is 174 Å². The average Bonchev–Trinajstić information content (AvgIpc) is 3.22. The van der Waals surface area contributed by atoms with E-state index >= 15 is 0 Å². The standard InChI is InChI=1S/C23H20N2O5/c1-23(2,3)30-22(28)24-14-6-8-16-12-13-17(29-16)9-7-15-25-20(26)18-10-4-5-11-19(18)21(25)27/h4-5,10-13H,14-15H2,1-3H3,(H,24,28). The number of hydrogen-bond donors (Lipinski definition) is 1. The molecule has 1 aliphatic rings. The first-order chi connectivity index (χ1) is 14.2. The van der Waals surface area contributed by atoms with Crippen LogP contribution in [0.4, 0.5) is 4.79 Å². The summed E-state index contributed by atoms with van der Waals surface area (Å²) in [6.07, 6.45) is -0.545. The number of benzene rings is 1. The topological polar surface area (TPSA) is 88.9 Å². The molecule has 0 radical (unpaired) electrons. The van der Waals surface area contributed by atoms with Crippen LogP contribution in [0.3, 0.4) is 0 Å². The second-order valence-corrected chi connectivity index (χ2v) is 7.36. The van der Waals surface area contributed by atoms with E-state index in [9.17, 15) is 14.4 Å². The maximum Gasteiger partial charge on any atom is 0.408 e. The van der Waals surface area contributed by atoms with Crippen molar-refractivity contribution in [3.05, 3.63) is 59.0 Å². The van der Waals surface area contributed by atoms with Crippen molar-refractivity contribution < 1.29 is 23.5 Å². The Morgan fingerprint density at radius 2 is 1.57 bits per heavy atom. The zero-order valence-electron chi connectivity index (χ0n) is 16.9. The number of carbonyl (C=O) groups is 3. The maximum absolute atomic E-state index is 12.3. The summed E-state index contributed by atoms with van der Waals surface area (Å²) in [6.45, 7) is 5.40. The third kappa shape index (κ3) is 5.09. The molecule has 7 heteroatoms. The lowest BCUT2D eigenvalue weighted by Gasteiger charge is -2.18. The van der Waals surface area contributed by atoms with Gasteiger partial charge in [0.1, 0.15) is 5.60 Å². The molecular formula is C23H20N2O5. The first-order valence-electron chi connectivity index (χ1n) is 9.24. The highest BCUT2D eigenvalue weighted by Gasteiger charge is 2.34. The van der Waals surface area contributed by atoms with E-state index in [1.807, 2.05) is 0 Å². The average molecular weight is 404 g/mol. The van der Waals surface area contributed by atoms with Gasteiger partial charge in [-0.15, -0.1) is 0 Å². The van der Waals surface area contributed by atoms with Gasteiger partial charge in [0.25, 0.3) is 11.8 Å². The fourth-order valence-electron chi connectivity index (χ4n) is 2.62. The molecule has 1 aliphatic heterocycles. The fraction of sp³-hybridized carbons (Fsp3) is 0.261. The number of alkyl carbamates (subject to hydrolysis) is 1. The lowest BCUT2D eigenvalue weighted by atomic mass is 10.1. The molecule has 7 nitrogen and oxygen atoms in total. The largest absolute Gasteiger partial charge is 0.444 e. The Kier molecular flexibility index (Phi) is 5.94. The fourth-order valence-corrected chi connectivity index (χ4v) is 2.62. The number of carbonyl (C=O) groups excluding carboxylic acids is 3.